The highest BCUT2D eigenvalue weighted by Crippen LogP contribution is 2.50. The van der Waals surface area contributed by atoms with Crippen molar-refractivity contribution in [3.63, 3.8) is 0 Å². The number of hydrogen-bond donors (Lipinski definition) is 1. The number of amides is 3. The number of carbonyl (C=O) groups is 3. The molecule has 3 unspecified atom stereocenters. The van der Waals surface area contributed by atoms with Gasteiger partial charge < -0.3 is 38.8 Å². The molecule has 268 valence electrons. The van der Waals surface area contributed by atoms with E-state index >= 15 is 0 Å². The first-order valence-corrected chi connectivity index (χ1v) is 17.7. The van der Waals surface area contributed by atoms with Crippen LogP contribution in [0.25, 0.3) is 0 Å². The van der Waals surface area contributed by atoms with Crippen LogP contribution in [0.4, 0.5) is 9.59 Å². The zero-order valence-electron chi connectivity index (χ0n) is 29.7. The van der Waals surface area contributed by atoms with Crippen molar-refractivity contribution >= 4 is 18.1 Å². The Kier molecular flexibility index (Phi) is 12.1. The van der Waals surface area contributed by atoms with Crippen LogP contribution < -0.4 is 10.1 Å². The van der Waals surface area contributed by atoms with E-state index in [2.05, 4.69) is 17.4 Å². The fraction of sp³-hybridized carbons (Fsp3) is 0.605. The van der Waals surface area contributed by atoms with E-state index in [-0.39, 0.29) is 31.7 Å². The van der Waals surface area contributed by atoms with Crippen molar-refractivity contribution in [2.24, 2.45) is 5.92 Å². The largest absolute Gasteiger partial charge is 0.457 e. The molecule has 3 aliphatic rings. The standard InChI is InChI=1S/C38H53N3O8/c1-6-41(36(44)47-25-29-14-13-21-46-29)28-22-27(23-40(24-28)35(43)49-37(2,3)4)34(42)39-26-38(19-11-12-20-45-5)30-15-7-9-17-32(30)48-33-18-10-8-16-31(33)38/h7-10,15-18,27-29H,6,11-14,19-26H2,1-5H3,(H,39,42). The average Bonchev–Trinajstić information content (AvgIpc) is 3.61. The number of piperidine rings is 1. The maximum Gasteiger partial charge on any atom is 0.410 e. The molecule has 3 atom stereocenters. The third-order valence-corrected chi connectivity index (χ3v) is 9.68. The Bertz CT molecular complexity index is 1390. The van der Waals surface area contributed by atoms with Crippen molar-refractivity contribution in [3.05, 3.63) is 59.7 Å². The predicted molar refractivity (Wildman–Crippen MR) is 185 cm³/mol. The van der Waals surface area contributed by atoms with E-state index in [0.717, 1.165) is 54.7 Å². The molecule has 2 aromatic rings. The molecule has 0 aromatic heterocycles. The Hall–Kier alpha value is -3.83. The number of ether oxygens (including phenoxy) is 5. The van der Waals surface area contributed by atoms with E-state index in [4.69, 9.17) is 23.7 Å². The number of carbonyl (C=O) groups excluding carboxylic acids is 3. The summed E-state index contributed by atoms with van der Waals surface area (Å²) in [4.78, 5) is 44.2. The molecule has 2 saturated heterocycles. The number of benzene rings is 2. The molecule has 0 radical (unpaired) electrons. The molecule has 3 amide bonds. The maximum atomic E-state index is 14.3. The van der Waals surface area contributed by atoms with Gasteiger partial charge in [-0.05, 0) is 78.4 Å². The van der Waals surface area contributed by atoms with Crippen LogP contribution in [-0.4, -0.2) is 98.7 Å². The lowest BCUT2D eigenvalue weighted by molar-refractivity contribution is -0.127. The molecule has 11 nitrogen and oxygen atoms in total. The van der Waals surface area contributed by atoms with Gasteiger partial charge in [0, 0.05) is 63.0 Å². The van der Waals surface area contributed by atoms with Gasteiger partial charge in [0.2, 0.25) is 5.91 Å². The van der Waals surface area contributed by atoms with Crippen molar-refractivity contribution in [3.8, 4) is 11.5 Å². The highest BCUT2D eigenvalue weighted by molar-refractivity contribution is 5.81. The molecule has 49 heavy (non-hydrogen) atoms. The molecule has 0 spiro atoms. The molecule has 0 saturated carbocycles. The Morgan fingerprint density at radius 2 is 1.71 bits per heavy atom. The molecular formula is C38H53N3O8. The van der Waals surface area contributed by atoms with Crippen LogP contribution in [0, 0.1) is 5.92 Å². The lowest BCUT2D eigenvalue weighted by atomic mass is 9.69. The van der Waals surface area contributed by atoms with Gasteiger partial charge >= 0.3 is 12.2 Å². The van der Waals surface area contributed by atoms with Crippen LogP contribution in [0.2, 0.25) is 0 Å². The van der Waals surface area contributed by atoms with Crippen LogP contribution >= 0.6 is 0 Å². The Balaban J connectivity index is 1.39. The average molecular weight is 680 g/mol. The molecule has 11 heteroatoms. The van der Waals surface area contributed by atoms with Crippen molar-refractivity contribution in [2.45, 2.75) is 89.4 Å². The number of nitrogens with one attached hydrogen (secondary N) is 1. The Labute approximate surface area is 290 Å². The van der Waals surface area contributed by atoms with Gasteiger partial charge in [-0.15, -0.1) is 0 Å². The quantitative estimate of drug-likeness (QED) is 0.261. The second kappa shape index (κ2) is 16.3. The first-order chi connectivity index (χ1) is 23.5. The normalized spacial score (nSPS) is 21.2. The van der Waals surface area contributed by atoms with Gasteiger partial charge in [0.25, 0.3) is 0 Å². The van der Waals surface area contributed by atoms with Crippen molar-refractivity contribution in [2.75, 3.05) is 53.1 Å². The van der Waals surface area contributed by atoms with Crippen molar-refractivity contribution in [1.29, 1.82) is 0 Å². The highest BCUT2D eigenvalue weighted by atomic mass is 16.6. The van der Waals surface area contributed by atoms with E-state index in [1.54, 1.807) is 16.9 Å². The number of unbranched alkanes of at least 4 members (excludes halogenated alkanes) is 1. The number of fused-ring (bicyclic) bond motifs is 2. The topological polar surface area (TPSA) is 116 Å². The first-order valence-electron chi connectivity index (χ1n) is 17.7. The predicted octanol–water partition coefficient (Wildman–Crippen LogP) is 6.27. The zero-order chi connectivity index (χ0) is 35.0. The minimum Gasteiger partial charge on any atom is -0.457 e. The third-order valence-electron chi connectivity index (χ3n) is 9.68. The van der Waals surface area contributed by atoms with Gasteiger partial charge in [-0.2, -0.15) is 0 Å². The summed E-state index contributed by atoms with van der Waals surface area (Å²) in [6, 6.07) is 15.6. The number of hydrogen-bond acceptors (Lipinski definition) is 8. The first kappa shape index (κ1) is 36.5. The fourth-order valence-electron chi connectivity index (χ4n) is 7.29. The number of methoxy groups -OCH3 is 1. The molecular weight excluding hydrogens is 626 g/mol. The minimum absolute atomic E-state index is 0.104. The number of likely N-dealkylation sites (N-methyl/N-ethyl adjacent to an activating group) is 1. The third kappa shape index (κ3) is 8.86. The lowest BCUT2D eigenvalue weighted by Crippen LogP contribution is -2.58. The smallest absolute Gasteiger partial charge is 0.410 e. The van der Waals surface area contributed by atoms with Crippen molar-refractivity contribution in [1.82, 2.24) is 15.1 Å². The summed E-state index contributed by atoms with van der Waals surface area (Å²) in [5.41, 5.74) is 0.782. The summed E-state index contributed by atoms with van der Waals surface area (Å²) in [7, 11) is 1.70. The molecule has 1 N–H and O–H groups in total. The summed E-state index contributed by atoms with van der Waals surface area (Å²) in [5, 5.41) is 3.31. The van der Waals surface area contributed by atoms with E-state index in [1.165, 1.54) is 0 Å². The second-order valence-electron chi connectivity index (χ2n) is 14.3. The highest BCUT2D eigenvalue weighted by Gasteiger charge is 2.44. The SMILES string of the molecule is CCN(C(=O)OCC1CCCO1)C1CC(C(=O)NCC2(CCCCOC)c3ccccc3Oc3ccccc32)CN(C(=O)OC(C)(C)C)C1. The van der Waals surface area contributed by atoms with Crippen molar-refractivity contribution < 1.29 is 38.1 Å². The monoisotopic (exact) mass is 679 g/mol. The van der Waals surface area contributed by atoms with Gasteiger partial charge in [-0.25, -0.2) is 9.59 Å². The summed E-state index contributed by atoms with van der Waals surface area (Å²) < 4.78 is 28.7. The van der Waals surface area contributed by atoms with Crippen LogP contribution in [0.3, 0.4) is 0 Å². The second-order valence-corrected chi connectivity index (χ2v) is 14.3. The molecule has 0 bridgehead atoms. The molecule has 5 rings (SSSR count). The summed E-state index contributed by atoms with van der Waals surface area (Å²) in [6.07, 6.45) is 3.62. The van der Waals surface area contributed by atoms with E-state index in [1.807, 2.05) is 64.1 Å². The summed E-state index contributed by atoms with van der Waals surface area (Å²) in [6.45, 7) is 9.93. The van der Waals surface area contributed by atoms with Gasteiger partial charge in [-0.3, -0.25) is 4.79 Å². The van der Waals surface area contributed by atoms with E-state index < -0.39 is 35.2 Å². The summed E-state index contributed by atoms with van der Waals surface area (Å²) in [5.74, 6) is 0.786. The number of likely N-dealkylation sites (tertiary alicyclic amines) is 1. The van der Waals surface area contributed by atoms with E-state index in [9.17, 15) is 14.4 Å². The van der Waals surface area contributed by atoms with Gasteiger partial charge in [0.1, 0.15) is 23.7 Å². The molecule has 2 fully saturated rings. The lowest BCUT2D eigenvalue weighted by Gasteiger charge is -2.43. The summed E-state index contributed by atoms with van der Waals surface area (Å²) >= 11 is 0. The Morgan fingerprint density at radius 3 is 2.33 bits per heavy atom. The van der Waals surface area contributed by atoms with Gasteiger partial charge in [-0.1, -0.05) is 36.4 Å². The van der Waals surface area contributed by atoms with Gasteiger partial charge in [0.15, 0.2) is 0 Å². The molecule has 3 aliphatic heterocycles. The molecule has 3 heterocycles. The van der Waals surface area contributed by atoms with Crippen LogP contribution in [-0.2, 0) is 29.2 Å². The van der Waals surface area contributed by atoms with E-state index in [0.29, 0.717) is 32.7 Å². The zero-order valence-corrected chi connectivity index (χ0v) is 29.7. The molecule has 0 aliphatic carbocycles. The van der Waals surface area contributed by atoms with Gasteiger partial charge in [0.05, 0.1) is 18.1 Å². The molecule has 2 aromatic carbocycles. The number of nitrogens with zero attached hydrogens (tertiary/aromatic N) is 2. The Morgan fingerprint density at radius 1 is 1.02 bits per heavy atom. The maximum absolute atomic E-state index is 14.3. The van der Waals surface area contributed by atoms with Crippen LogP contribution in [0.15, 0.2) is 48.5 Å². The number of para-hydroxylation sites is 2. The fourth-order valence-corrected chi connectivity index (χ4v) is 7.29. The minimum atomic E-state index is -0.717. The van der Waals surface area contributed by atoms with Crippen LogP contribution in [0.5, 0.6) is 11.5 Å². The number of rotatable bonds is 12. The van der Waals surface area contributed by atoms with Crippen LogP contribution in [0.1, 0.15) is 77.3 Å².